The summed E-state index contributed by atoms with van der Waals surface area (Å²) in [5.74, 6) is 3.61. The predicted octanol–water partition coefficient (Wildman–Crippen LogP) is 4.68. The molecule has 4 rings (SSSR count). The van der Waals surface area contributed by atoms with Crippen molar-refractivity contribution in [1.82, 2.24) is 19.5 Å². The molecule has 1 N–H and O–H groups in total. The molecule has 0 fully saturated rings. The summed E-state index contributed by atoms with van der Waals surface area (Å²) in [5, 5.41) is 6.22. The fourth-order valence-electron chi connectivity index (χ4n) is 3.01. The molecule has 154 valence electrons. The van der Waals surface area contributed by atoms with Crippen molar-refractivity contribution in [1.29, 1.82) is 0 Å². The Morgan fingerprint density at radius 2 is 1.83 bits per heavy atom. The van der Waals surface area contributed by atoms with E-state index in [-0.39, 0.29) is 0 Å². The number of nitrogens with one attached hydrogen (secondary N) is 1. The molecule has 4 aromatic rings. The molecule has 0 radical (unpaired) electrons. The van der Waals surface area contributed by atoms with Crippen LogP contribution in [-0.2, 0) is 0 Å². The molecule has 0 unspecified atom stereocenters. The first kappa shape index (κ1) is 19.7. The first-order chi connectivity index (χ1) is 14.5. The number of benzene rings is 1. The van der Waals surface area contributed by atoms with Crippen molar-refractivity contribution in [2.75, 3.05) is 26.6 Å². The van der Waals surface area contributed by atoms with Crippen LogP contribution in [-0.4, -0.2) is 40.8 Å². The molecule has 0 aliphatic carbocycles. The van der Waals surface area contributed by atoms with Crippen LogP contribution in [0.25, 0.3) is 21.5 Å². The molecule has 3 heterocycles. The second-order valence-corrected chi connectivity index (χ2v) is 7.38. The molecule has 3 aromatic heterocycles. The molecule has 30 heavy (non-hydrogen) atoms. The number of ether oxygens (including phenoxy) is 3. The number of hydrogen-bond acceptors (Lipinski definition) is 8. The maximum Gasteiger partial charge on any atom is 0.203 e. The number of methoxy groups -OCH3 is 3. The molecule has 0 amide bonds. The molecule has 0 aliphatic heterocycles. The van der Waals surface area contributed by atoms with E-state index in [1.165, 1.54) is 0 Å². The van der Waals surface area contributed by atoms with Crippen LogP contribution in [0, 0.1) is 0 Å². The van der Waals surface area contributed by atoms with Gasteiger partial charge in [-0.25, -0.2) is 15.0 Å². The van der Waals surface area contributed by atoms with Gasteiger partial charge in [0.05, 0.1) is 38.6 Å². The van der Waals surface area contributed by atoms with E-state index < -0.39 is 0 Å². The van der Waals surface area contributed by atoms with Crippen LogP contribution < -0.4 is 19.5 Å². The molecule has 0 bridgehead atoms. The molecule has 0 saturated carbocycles. The fourth-order valence-corrected chi connectivity index (χ4v) is 3.77. The van der Waals surface area contributed by atoms with E-state index in [9.17, 15) is 0 Å². The fraction of sp³-hybridized carbons (Fsp3) is 0.190. The molecule has 0 aliphatic rings. The van der Waals surface area contributed by atoms with E-state index in [2.05, 4.69) is 26.8 Å². The third-order valence-corrected chi connectivity index (χ3v) is 5.29. The van der Waals surface area contributed by atoms with Gasteiger partial charge in [-0.1, -0.05) is 6.58 Å². The number of anilines is 2. The maximum atomic E-state index is 5.44. The zero-order valence-electron chi connectivity index (χ0n) is 17.1. The van der Waals surface area contributed by atoms with Crippen molar-refractivity contribution in [3.05, 3.63) is 48.5 Å². The summed E-state index contributed by atoms with van der Waals surface area (Å²) >= 11 is 1.56. The van der Waals surface area contributed by atoms with Gasteiger partial charge in [0.2, 0.25) is 5.75 Å². The molecule has 0 spiro atoms. The monoisotopic (exact) mass is 423 g/mol. The quantitative estimate of drug-likeness (QED) is 0.462. The SMILES string of the molecule is C=C(C)c1nc(Nc2cn(-c3cc(OC)c(OC)c(OC)c3)cn2)c2ccsc2n1. The molecule has 9 heteroatoms. The summed E-state index contributed by atoms with van der Waals surface area (Å²) in [4.78, 5) is 14.5. The minimum atomic E-state index is 0.537. The van der Waals surface area contributed by atoms with Gasteiger partial charge in [-0.3, -0.25) is 0 Å². The van der Waals surface area contributed by atoms with E-state index in [0.717, 1.165) is 21.5 Å². The van der Waals surface area contributed by atoms with Crippen molar-refractivity contribution in [2.45, 2.75) is 6.92 Å². The second kappa shape index (κ2) is 8.03. The van der Waals surface area contributed by atoms with E-state index in [1.54, 1.807) is 39.0 Å². The smallest absolute Gasteiger partial charge is 0.203 e. The summed E-state index contributed by atoms with van der Waals surface area (Å²) in [5.41, 5.74) is 1.62. The van der Waals surface area contributed by atoms with Crippen LogP contribution in [0.4, 0.5) is 11.6 Å². The summed E-state index contributed by atoms with van der Waals surface area (Å²) in [6.45, 7) is 5.84. The third-order valence-electron chi connectivity index (χ3n) is 4.48. The van der Waals surface area contributed by atoms with Crippen molar-refractivity contribution < 1.29 is 14.2 Å². The molecule has 0 saturated heterocycles. The minimum Gasteiger partial charge on any atom is -0.493 e. The van der Waals surface area contributed by atoms with Crippen molar-refractivity contribution >= 4 is 38.8 Å². The molecule has 0 atom stereocenters. The topological polar surface area (TPSA) is 83.3 Å². The van der Waals surface area contributed by atoms with E-state index in [4.69, 9.17) is 14.2 Å². The largest absolute Gasteiger partial charge is 0.493 e. The number of hydrogen-bond donors (Lipinski definition) is 1. The predicted molar refractivity (Wildman–Crippen MR) is 119 cm³/mol. The van der Waals surface area contributed by atoms with E-state index in [0.29, 0.717) is 34.7 Å². The average molecular weight is 423 g/mol. The van der Waals surface area contributed by atoms with Gasteiger partial charge in [0, 0.05) is 12.1 Å². The summed E-state index contributed by atoms with van der Waals surface area (Å²) in [6.07, 6.45) is 3.57. The third kappa shape index (κ3) is 3.55. The Balaban J connectivity index is 1.70. The van der Waals surface area contributed by atoms with Crippen molar-refractivity contribution in [3.8, 4) is 22.9 Å². The van der Waals surface area contributed by atoms with E-state index >= 15 is 0 Å². The second-order valence-electron chi connectivity index (χ2n) is 6.49. The van der Waals surface area contributed by atoms with Gasteiger partial charge in [-0.15, -0.1) is 11.3 Å². The van der Waals surface area contributed by atoms with Gasteiger partial charge < -0.3 is 24.1 Å². The average Bonchev–Trinajstić information content (AvgIpc) is 3.42. The van der Waals surface area contributed by atoms with E-state index in [1.807, 2.05) is 41.3 Å². The van der Waals surface area contributed by atoms with Crippen molar-refractivity contribution in [3.63, 3.8) is 0 Å². The highest BCUT2D eigenvalue weighted by molar-refractivity contribution is 7.16. The maximum absolute atomic E-state index is 5.44. The zero-order chi connectivity index (χ0) is 21.3. The highest BCUT2D eigenvalue weighted by Crippen LogP contribution is 2.39. The van der Waals surface area contributed by atoms with Gasteiger partial charge in [-0.05, 0) is 23.9 Å². The van der Waals surface area contributed by atoms with Gasteiger partial charge in [0.1, 0.15) is 22.8 Å². The normalized spacial score (nSPS) is 10.8. The lowest BCUT2D eigenvalue weighted by molar-refractivity contribution is 0.324. The Morgan fingerprint density at radius 3 is 2.47 bits per heavy atom. The Morgan fingerprint density at radius 1 is 1.10 bits per heavy atom. The summed E-state index contributed by atoms with van der Waals surface area (Å²) in [7, 11) is 4.75. The van der Waals surface area contributed by atoms with Crippen molar-refractivity contribution in [2.24, 2.45) is 0 Å². The van der Waals surface area contributed by atoms with Crippen LogP contribution in [0.1, 0.15) is 12.7 Å². The lowest BCUT2D eigenvalue weighted by atomic mass is 10.2. The highest BCUT2D eigenvalue weighted by Gasteiger charge is 2.15. The number of thiophene rings is 1. The lowest BCUT2D eigenvalue weighted by Crippen LogP contribution is -2.00. The molecular formula is C21H21N5O3S. The van der Waals surface area contributed by atoms with Crippen LogP contribution >= 0.6 is 11.3 Å². The van der Waals surface area contributed by atoms with Gasteiger partial charge in [0.15, 0.2) is 17.3 Å². The minimum absolute atomic E-state index is 0.537. The van der Waals surface area contributed by atoms with Gasteiger partial charge in [0.25, 0.3) is 0 Å². The van der Waals surface area contributed by atoms with Crippen LogP contribution in [0.15, 0.2) is 42.7 Å². The van der Waals surface area contributed by atoms with Crippen LogP contribution in [0.3, 0.4) is 0 Å². The summed E-state index contributed by atoms with van der Waals surface area (Å²) < 4.78 is 18.1. The molecule has 1 aromatic carbocycles. The highest BCUT2D eigenvalue weighted by atomic mass is 32.1. The number of rotatable bonds is 7. The number of aromatic nitrogens is 4. The molecule has 8 nitrogen and oxygen atoms in total. The van der Waals surface area contributed by atoms with Crippen LogP contribution in [0.2, 0.25) is 0 Å². The number of allylic oxidation sites excluding steroid dienone is 1. The Labute approximate surface area is 177 Å². The number of fused-ring (bicyclic) bond motifs is 1. The zero-order valence-corrected chi connectivity index (χ0v) is 17.9. The van der Waals surface area contributed by atoms with Crippen LogP contribution in [0.5, 0.6) is 17.2 Å². The first-order valence-electron chi connectivity index (χ1n) is 9.06. The van der Waals surface area contributed by atoms with Gasteiger partial charge in [-0.2, -0.15) is 0 Å². The number of nitrogens with zero attached hydrogens (tertiary/aromatic N) is 4. The Bertz CT molecular complexity index is 1210. The Hall–Kier alpha value is -3.59. The summed E-state index contributed by atoms with van der Waals surface area (Å²) in [6, 6.07) is 5.70. The lowest BCUT2D eigenvalue weighted by Gasteiger charge is -2.14. The standard InChI is InChI=1S/C21H21N5O3S/c1-12(2)19-24-20(14-6-7-30-21(14)25-19)23-17-10-26(11-22-17)13-8-15(27-3)18(29-5)16(9-13)28-4/h6-11H,1H2,2-5H3,(H,23,24,25). The molecular weight excluding hydrogens is 402 g/mol. The van der Waals surface area contributed by atoms with Gasteiger partial charge >= 0.3 is 0 Å². The Kier molecular flexibility index (Phi) is 5.28. The first-order valence-corrected chi connectivity index (χ1v) is 9.94. The number of imidazole rings is 1.